The van der Waals surface area contributed by atoms with Crippen LogP contribution in [0.1, 0.15) is 43.5 Å². The molecule has 0 aliphatic heterocycles. The van der Waals surface area contributed by atoms with E-state index >= 15 is 0 Å². The molecule has 0 radical (unpaired) electrons. The first-order valence-electron chi connectivity index (χ1n) is 6.77. The molecule has 3 nitrogen and oxygen atoms in total. The third-order valence-electron chi connectivity index (χ3n) is 4.08. The van der Waals surface area contributed by atoms with Gasteiger partial charge < -0.3 is 9.84 Å². The lowest BCUT2D eigenvalue weighted by atomic mass is 9.80. The molecular formula is C15H18F2O3. The summed E-state index contributed by atoms with van der Waals surface area (Å²) < 4.78 is 33.0. The summed E-state index contributed by atoms with van der Waals surface area (Å²) in [5, 5.41) is 8.74. The molecule has 3 atom stereocenters. The molecule has 1 aromatic rings. The largest absolute Gasteiger partial charge is 0.484 e. The summed E-state index contributed by atoms with van der Waals surface area (Å²) >= 11 is 0. The van der Waals surface area contributed by atoms with Crippen molar-refractivity contribution in [2.24, 2.45) is 11.8 Å². The lowest BCUT2D eigenvalue weighted by Crippen LogP contribution is -2.29. The fourth-order valence-electron chi connectivity index (χ4n) is 2.57. The van der Waals surface area contributed by atoms with Crippen LogP contribution in [-0.2, 0) is 0 Å². The number of hydrogen-bond donors (Lipinski definition) is 1. The van der Waals surface area contributed by atoms with Crippen LogP contribution in [0.25, 0.3) is 0 Å². The predicted molar refractivity (Wildman–Crippen MR) is 69.9 cm³/mol. The molecule has 0 aromatic heterocycles. The van der Waals surface area contributed by atoms with Crippen LogP contribution in [0.2, 0.25) is 0 Å². The maximum Gasteiger partial charge on any atom is 0.335 e. The highest BCUT2D eigenvalue weighted by Crippen LogP contribution is 2.33. The van der Waals surface area contributed by atoms with E-state index in [-0.39, 0.29) is 6.10 Å². The molecule has 1 saturated carbocycles. The molecule has 1 N–H and O–H groups in total. The summed E-state index contributed by atoms with van der Waals surface area (Å²) in [5.74, 6) is -2.74. The molecule has 1 aromatic carbocycles. The number of benzene rings is 1. The van der Waals surface area contributed by atoms with Crippen molar-refractivity contribution in [3.05, 3.63) is 29.3 Å². The van der Waals surface area contributed by atoms with E-state index in [1.807, 2.05) is 0 Å². The third-order valence-corrected chi connectivity index (χ3v) is 4.08. The minimum absolute atomic E-state index is 0.221. The van der Waals surface area contributed by atoms with Gasteiger partial charge in [0.05, 0.1) is 11.7 Å². The number of carbonyl (C=O) groups is 1. The van der Waals surface area contributed by atoms with E-state index in [1.165, 1.54) is 0 Å². The number of aromatic carboxylic acids is 1. The Hall–Kier alpha value is -1.65. The van der Waals surface area contributed by atoms with E-state index in [1.54, 1.807) is 0 Å². The SMILES string of the molecule is CC1CCC(Oc2c(F)cc(C(=O)O)cc2F)CC1C. The maximum atomic E-state index is 13.8. The molecule has 0 bridgehead atoms. The lowest BCUT2D eigenvalue weighted by molar-refractivity contribution is 0.0694. The first-order chi connectivity index (χ1) is 9.38. The third kappa shape index (κ3) is 3.08. The van der Waals surface area contributed by atoms with Crippen LogP contribution < -0.4 is 4.74 Å². The zero-order valence-corrected chi connectivity index (χ0v) is 11.5. The van der Waals surface area contributed by atoms with Crippen molar-refractivity contribution in [1.29, 1.82) is 0 Å². The Kier molecular flexibility index (Phi) is 4.26. The van der Waals surface area contributed by atoms with Crippen LogP contribution in [0.15, 0.2) is 12.1 Å². The highest BCUT2D eigenvalue weighted by atomic mass is 19.1. The second kappa shape index (κ2) is 5.77. The Morgan fingerprint density at radius 1 is 1.20 bits per heavy atom. The van der Waals surface area contributed by atoms with Crippen LogP contribution in [0.4, 0.5) is 8.78 Å². The van der Waals surface area contributed by atoms with Gasteiger partial charge in [-0.25, -0.2) is 13.6 Å². The first-order valence-corrected chi connectivity index (χ1v) is 6.77. The molecule has 5 heteroatoms. The molecule has 1 aliphatic rings. The molecule has 110 valence electrons. The van der Waals surface area contributed by atoms with E-state index in [0.717, 1.165) is 31.4 Å². The number of hydrogen-bond acceptors (Lipinski definition) is 2. The topological polar surface area (TPSA) is 46.5 Å². The molecule has 1 fully saturated rings. The van der Waals surface area contributed by atoms with Crippen molar-refractivity contribution in [2.45, 2.75) is 39.2 Å². The monoisotopic (exact) mass is 284 g/mol. The summed E-state index contributed by atoms with van der Waals surface area (Å²) in [4.78, 5) is 10.7. The summed E-state index contributed by atoms with van der Waals surface area (Å²) in [6, 6.07) is 1.57. The highest BCUT2D eigenvalue weighted by Gasteiger charge is 2.27. The Morgan fingerprint density at radius 3 is 2.30 bits per heavy atom. The van der Waals surface area contributed by atoms with Gasteiger partial charge in [0.1, 0.15) is 0 Å². The smallest absolute Gasteiger partial charge is 0.335 e. The second-order valence-electron chi connectivity index (χ2n) is 5.58. The molecule has 1 aliphatic carbocycles. The van der Waals surface area contributed by atoms with Gasteiger partial charge in [-0.2, -0.15) is 0 Å². The van der Waals surface area contributed by atoms with Gasteiger partial charge in [0, 0.05) is 0 Å². The molecule has 0 saturated heterocycles. The van der Waals surface area contributed by atoms with Gasteiger partial charge >= 0.3 is 5.97 Å². The lowest BCUT2D eigenvalue weighted by Gasteiger charge is -2.32. The van der Waals surface area contributed by atoms with Gasteiger partial charge in [0.15, 0.2) is 17.4 Å². The first kappa shape index (κ1) is 14.8. The van der Waals surface area contributed by atoms with Crippen LogP contribution in [0, 0.1) is 23.5 Å². The molecule has 20 heavy (non-hydrogen) atoms. The van der Waals surface area contributed by atoms with Crippen molar-refractivity contribution in [1.82, 2.24) is 0 Å². The van der Waals surface area contributed by atoms with Gasteiger partial charge in [-0.1, -0.05) is 13.8 Å². The molecule has 0 amide bonds. The van der Waals surface area contributed by atoms with Gasteiger partial charge in [-0.3, -0.25) is 0 Å². The number of ether oxygens (including phenoxy) is 1. The summed E-state index contributed by atoms with van der Waals surface area (Å²) in [5.41, 5.74) is -0.419. The van der Waals surface area contributed by atoms with Crippen LogP contribution in [0.5, 0.6) is 5.75 Å². The fraction of sp³-hybridized carbons (Fsp3) is 0.533. The number of carboxylic acid groups (broad SMARTS) is 1. The Bertz CT molecular complexity index is 493. The van der Waals surface area contributed by atoms with Gasteiger partial charge in [-0.05, 0) is 43.2 Å². The van der Waals surface area contributed by atoms with Crippen molar-refractivity contribution in [3.8, 4) is 5.75 Å². The minimum atomic E-state index is -1.37. The standard InChI is InChI=1S/C15H18F2O3/c1-8-3-4-11(5-9(8)2)20-14-12(16)6-10(15(18)19)7-13(14)17/h6-9,11H,3-5H2,1-2H3,(H,18,19). The summed E-state index contributed by atoms with van der Waals surface area (Å²) in [6.45, 7) is 4.25. The number of halogens is 2. The minimum Gasteiger partial charge on any atom is -0.484 e. The Balaban J connectivity index is 2.16. The van der Waals surface area contributed by atoms with E-state index in [2.05, 4.69) is 13.8 Å². The van der Waals surface area contributed by atoms with Crippen LogP contribution >= 0.6 is 0 Å². The average molecular weight is 284 g/mol. The maximum absolute atomic E-state index is 13.8. The zero-order chi connectivity index (χ0) is 14.9. The highest BCUT2D eigenvalue weighted by molar-refractivity contribution is 5.87. The second-order valence-corrected chi connectivity index (χ2v) is 5.58. The van der Waals surface area contributed by atoms with E-state index in [4.69, 9.17) is 9.84 Å². The quantitative estimate of drug-likeness (QED) is 0.916. The van der Waals surface area contributed by atoms with Gasteiger partial charge in [0.2, 0.25) is 0 Å². The van der Waals surface area contributed by atoms with E-state index < -0.39 is 28.9 Å². The molecule has 0 heterocycles. The Labute approximate surface area is 116 Å². The molecule has 0 spiro atoms. The molecule has 3 unspecified atom stereocenters. The zero-order valence-electron chi connectivity index (χ0n) is 11.5. The molecule has 2 rings (SSSR count). The Morgan fingerprint density at radius 2 is 1.80 bits per heavy atom. The summed E-state index contributed by atoms with van der Waals surface area (Å²) in [6.07, 6.45) is 2.24. The van der Waals surface area contributed by atoms with Gasteiger partial charge in [0.25, 0.3) is 0 Å². The normalized spacial score (nSPS) is 26.3. The molecular weight excluding hydrogens is 266 g/mol. The van der Waals surface area contributed by atoms with Crippen LogP contribution in [0.3, 0.4) is 0 Å². The average Bonchev–Trinajstić information content (AvgIpc) is 2.37. The van der Waals surface area contributed by atoms with Crippen molar-refractivity contribution in [3.63, 3.8) is 0 Å². The van der Waals surface area contributed by atoms with Crippen molar-refractivity contribution < 1.29 is 23.4 Å². The predicted octanol–water partition coefficient (Wildman–Crippen LogP) is 3.87. The number of carboxylic acids is 1. The van der Waals surface area contributed by atoms with Crippen LogP contribution in [-0.4, -0.2) is 17.2 Å². The van der Waals surface area contributed by atoms with Gasteiger partial charge in [-0.15, -0.1) is 0 Å². The fourth-order valence-corrected chi connectivity index (χ4v) is 2.57. The van der Waals surface area contributed by atoms with E-state index in [0.29, 0.717) is 11.8 Å². The summed E-state index contributed by atoms with van der Waals surface area (Å²) in [7, 11) is 0. The van der Waals surface area contributed by atoms with Crippen molar-refractivity contribution >= 4 is 5.97 Å². The number of rotatable bonds is 3. The van der Waals surface area contributed by atoms with E-state index in [9.17, 15) is 13.6 Å². The van der Waals surface area contributed by atoms with Crippen molar-refractivity contribution in [2.75, 3.05) is 0 Å².